The van der Waals surface area contributed by atoms with Crippen LogP contribution >= 0.6 is 11.3 Å². The lowest BCUT2D eigenvalue weighted by Gasteiger charge is -2.07. The van der Waals surface area contributed by atoms with Crippen LogP contribution in [0.5, 0.6) is 0 Å². The van der Waals surface area contributed by atoms with E-state index in [9.17, 15) is 14.9 Å². The molecular weight excluding hydrogens is 246 g/mol. The lowest BCUT2D eigenvalue weighted by Crippen LogP contribution is -2.22. The van der Waals surface area contributed by atoms with Crippen molar-refractivity contribution in [2.24, 2.45) is 0 Å². The van der Waals surface area contributed by atoms with Gasteiger partial charge in [0.15, 0.2) is 0 Å². The number of nitrogens with zero attached hydrogens (tertiary/aromatic N) is 2. The Balaban J connectivity index is 2.63. The molecule has 0 bridgehead atoms. The summed E-state index contributed by atoms with van der Waals surface area (Å²) < 4.78 is 0. The fourth-order valence-electron chi connectivity index (χ4n) is 1.13. The maximum atomic E-state index is 10.5. The molecule has 0 aliphatic carbocycles. The molecule has 1 aromatic heterocycles. The fraction of sp³-hybridized carbons (Fsp3) is 0.333. The van der Waals surface area contributed by atoms with Crippen molar-refractivity contribution in [1.29, 1.82) is 5.26 Å². The average Bonchev–Trinajstić information content (AvgIpc) is 2.73. The molecule has 0 radical (unpaired) electrons. The molecule has 2 N–H and O–H groups in total. The molecule has 0 aliphatic rings. The van der Waals surface area contributed by atoms with Crippen molar-refractivity contribution in [1.82, 2.24) is 5.32 Å². The van der Waals surface area contributed by atoms with Crippen LogP contribution < -0.4 is 5.32 Å². The standard InChI is InChI=1S/C9H9N3O4S/c10-5-6(11-4-3-9(13)14)7-1-2-8(17-7)12(15)16/h1-2,6,11H,3-4H2,(H,13,14). The Kier molecular flexibility index (Phi) is 4.56. The number of nitrogens with one attached hydrogen (secondary N) is 1. The molecule has 1 heterocycles. The first-order valence-corrected chi connectivity index (χ1v) is 5.45. The Morgan fingerprint density at radius 3 is 2.88 bits per heavy atom. The van der Waals surface area contributed by atoms with Gasteiger partial charge < -0.3 is 5.11 Å². The highest BCUT2D eigenvalue weighted by atomic mass is 32.1. The third kappa shape index (κ3) is 3.82. The molecule has 17 heavy (non-hydrogen) atoms. The SMILES string of the molecule is N#CC(NCCC(=O)O)c1ccc([N+](=O)[O-])s1. The van der Waals surface area contributed by atoms with Crippen LogP contribution in [0, 0.1) is 21.4 Å². The first-order chi connectivity index (χ1) is 8.04. The summed E-state index contributed by atoms with van der Waals surface area (Å²) in [6.45, 7) is 0.138. The molecule has 7 nitrogen and oxygen atoms in total. The van der Waals surface area contributed by atoms with Gasteiger partial charge in [-0.15, -0.1) is 0 Å². The average molecular weight is 255 g/mol. The van der Waals surface area contributed by atoms with Gasteiger partial charge in [-0.1, -0.05) is 11.3 Å². The summed E-state index contributed by atoms with van der Waals surface area (Å²) in [4.78, 5) is 20.7. The normalized spacial score (nSPS) is 11.7. The van der Waals surface area contributed by atoms with Crippen molar-refractivity contribution in [3.05, 3.63) is 27.1 Å². The molecule has 0 amide bonds. The smallest absolute Gasteiger partial charge is 0.324 e. The van der Waals surface area contributed by atoms with Crippen molar-refractivity contribution in [2.45, 2.75) is 12.5 Å². The summed E-state index contributed by atoms with van der Waals surface area (Å²) in [5, 5.41) is 30.4. The van der Waals surface area contributed by atoms with E-state index < -0.39 is 16.9 Å². The van der Waals surface area contributed by atoms with Crippen LogP contribution in [-0.2, 0) is 4.79 Å². The van der Waals surface area contributed by atoms with E-state index in [4.69, 9.17) is 10.4 Å². The number of carboxylic acid groups (broad SMARTS) is 1. The van der Waals surface area contributed by atoms with E-state index in [1.165, 1.54) is 12.1 Å². The maximum Gasteiger partial charge on any atom is 0.324 e. The summed E-state index contributed by atoms with van der Waals surface area (Å²) in [6.07, 6.45) is -0.106. The highest BCUT2D eigenvalue weighted by Crippen LogP contribution is 2.28. The van der Waals surface area contributed by atoms with Crippen LogP contribution in [0.15, 0.2) is 12.1 Å². The van der Waals surface area contributed by atoms with Crippen molar-refractivity contribution in [2.75, 3.05) is 6.54 Å². The van der Waals surface area contributed by atoms with Crippen LogP contribution in [0.1, 0.15) is 17.3 Å². The van der Waals surface area contributed by atoms with Gasteiger partial charge in [0.05, 0.1) is 17.4 Å². The van der Waals surface area contributed by atoms with Crippen molar-refractivity contribution >= 4 is 22.3 Å². The monoisotopic (exact) mass is 255 g/mol. The highest BCUT2D eigenvalue weighted by molar-refractivity contribution is 7.15. The van der Waals surface area contributed by atoms with Gasteiger partial charge in [0.1, 0.15) is 6.04 Å². The quantitative estimate of drug-likeness (QED) is 0.584. The second-order valence-electron chi connectivity index (χ2n) is 3.09. The molecular formula is C9H9N3O4S. The molecule has 0 fully saturated rings. The van der Waals surface area contributed by atoms with E-state index in [1.54, 1.807) is 0 Å². The lowest BCUT2D eigenvalue weighted by molar-refractivity contribution is -0.380. The predicted octanol–water partition coefficient (Wildman–Crippen LogP) is 1.29. The van der Waals surface area contributed by atoms with E-state index in [2.05, 4.69) is 5.32 Å². The molecule has 0 spiro atoms. The molecule has 0 aromatic carbocycles. The third-order valence-electron chi connectivity index (χ3n) is 1.89. The van der Waals surface area contributed by atoms with Gasteiger partial charge in [-0.3, -0.25) is 20.2 Å². The maximum absolute atomic E-state index is 10.5. The number of hydrogen-bond acceptors (Lipinski definition) is 6. The molecule has 0 saturated carbocycles. The van der Waals surface area contributed by atoms with Crippen molar-refractivity contribution in [3.63, 3.8) is 0 Å². The minimum absolute atomic E-state index is 0.0414. The topological polar surface area (TPSA) is 116 Å². The van der Waals surface area contributed by atoms with E-state index in [-0.39, 0.29) is 18.0 Å². The summed E-state index contributed by atoms with van der Waals surface area (Å²) in [5.41, 5.74) is 0. The van der Waals surface area contributed by atoms with Crippen LogP contribution in [0.25, 0.3) is 0 Å². The zero-order chi connectivity index (χ0) is 12.8. The second-order valence-corrected chi connectivity index (χ2v) is 4.19. The molecule has 0 aliphatic heterocycles. The first kappa shape index (κ1) is 13.1. The number of rotatable bonds is 6. The molecule has 8 heteroatoms. The van der Waals surface area contributed by atoms with Crippen LogP contribution in [-0.4, -0.2) is 22.5 Å². The number of nitro groups is 1. The Labute approximate surface area is 100 Å². The number of aliphatic carboxylic acids is 1. The van der Waals surface area contributed by atoms with E-state index >= 15 is 0 Å². The van der Waals surface area contributed by atoms with Crippen molar-refractivity contribution < 1.29 is 14.8 Å². The molecule has 1 unspecified atom stereocenters. The number of nitriles is 1. The Bertz CT molecular complexity index is 465. The van der Waals surface area contributed by atoms with Gasteiger partial charge in [0.2, 0.25) is 0 Å². The minimum Gasteiger partial charge on any atom is -0.481 e. The second kappa shape index (κ2) is 5.93. The third-order valence-corrected chi connectivity index (χ3v) is 3.00. The lowest BCUT2D eigenvalue weighted by atomic mass is 10.2. The van der Waals surface area contributed by atoms with Gasteiger partial charge in [0, 0.05) is 17.5 Å². The molecule has 1 aromatic rings. The molecule has 90 valence electrons. The zero-order valence-corrected chi connectivity index (χ0v) is 9.44. The van der Waals surface area contributed by atoms with E-state index in [0.717, 1.165) is 11.3 Å². The molecule has 1 atom stereocenters. The first-order valence-electron chi connectivity index (χ1n) is 4.63. The largest absolute Gasteiger partial charge is 0.481 e. The zero-order valence-electron chi connectivity index (χ0n) is 8.62. The number of carboxylic acids is 1. The fourth-order valence-corrected chi connectivity index (χ4v) is 1.97. The van der Waals surface area contributed by atoms with Gasteiger partial charge in [0.25, 0.3) is 0 Å². The summed E-state index contributed by atoms with van der Waals surface area (Å²) >= 11 is 0.901. The van der Waals surface area contributed by atoms with Gasteiger partial charge in [-0.2, -0.15) is 5.26 Å². The minimum atomic E-state index is -0.966. The molecule has 0 saturated heterocycles. The van der Waals surface area contributed by atoms with Gasteiger partial charge in [-0.25, -0.2) is 0 Å². The van der Waals surface area contributed by atoms with E-state index in [0.29, 0.717) is 4.88 Å². The number of thiophene rings is 1. The number of carbonyl (C=O) groups is 1. The Hall–Kier alpha value is -1.98. The van der Waals surface area contributed by atoms with Gasteiger partial charge in [-0.05, 0) is 6.07 Å². The molecule has 1 rings (SSSR count). The predicted molar refractivity (Wildman–Crippen MR) is 59.6 cm³/mol. The van der Waals surface area contributed by atoms with Crippen molar-refractivity contribution in [3.8, 4) is 6.07 Å². The number of hydrogen-bond donors (Lipinski definition) is 2. The highest BCUT2D eigenvalue weighted by Gasteiger charge is 2.17. The van der Waals surface area contributed by atoms with E-state index in [1.807, 2.05) is 6.07 Å². The Morgan fingerprint density at radius 2 is 2.41 bits per heavy atom. The van der Waals surface area contributed by atoms with Gasteiger partial charge >= 0.3 is 11.0 Å². The summed E-state index contributed by atoms with van der Waals surface area (Å²) in [5.74, 6) is -0.966. The summed E-state index contributed by atoms with van der Waals surface area (Å²) in [7, 11) is 0. The van der Waals surface area contributed by atoms with Crippen LogP contribution in [0.2, 0.25) is 0 Å². The Morgan fingerprint density at radius 1 is 1.71 bits per heavy atom. The van der Waals surface area contributed by atoms with Crippen LogP contribution in [0.4, 0.5) is 5.00 Å². The summed E-state index contributed by atoms with van der Waals surface area (Å²) in [6, 6.07) is 4.03. The van der Waals surface area contributed by atoms with Crippen LogP contribution in [0.3, 0.4) is 0 Å².